The fraction of sp³-hybridized carbons (Fsp3) is 0.562. The Bertz CT molecular complexity index is 463. The summed E-state index contributed by atoms with van der Waals surface area (Å²) in [6.07, 6.45) is -0.0993. The Morgan fingerprint density at radius 1 is 1.32 bits per heavy atom. The van der Waals surface area contributed by atoms with Crippen LogP contribution in [0.5, 0.6) is 0 Å². The number of ether oxygens (including phenoxy) is 1. The zero-order chi connectivity index (χ0) is 16.6. The summed E-state index contributed by atoms with van der Waals surface area (Å²) in [5.74, 6) is 0. The van der Waals surface area contributed by atoms with Crippen LogP contribution < -0.4 is 10.6 Å². The van der Waals surface area contributed by atoms with Gasteiger partial charge in [0, 0.05) is 30.6 Å². The van der Waals surface area contributed by atoms with E-state index in [4.69, 9.17) is 16.3 Å². The second kappa shape index (κ2) is 8.98. The van der Waals surface area contributed by atoms with Gasteiger partial charge in [0.05, 0.1) is 12.7 Å². The molecule has 1 aromatic carbocycles. The molecule has 2 amide bonds. The van der Waals surface area contributed by atoms with Crippen molar-refractivity contribution in [3.05, 3.63) is 34.9 Å². The van der Waals surface area contributed by atoms with Crippen molar-refractivity contribution in [2.75, 3.05) is 26.8 Å². The minimum atomic E-state index is -0.559. The summed E-state index contributed by atoms with van der Waals surface area (Å²) < 4.78 is 4.82. The van der Waals surface area contributed by atoms with E-state index in [1.54, 1.807) is 0 Å². The van der Waals surface area contributed by atoms with Crippen LogP contribution in [0.25, 0.3) is 0 Å². The first-order valence-electron chi connectivity index (χ1n) is 7.30. The Balaban J connectivity index is 2.34. The van der Waals surface area contributed by atoms with E-state index in [0.29, 0.717) is 24.5 Å². The third-order valence-corrected chi connectivity index (χ3v) is 3.69. The number of urea groups is 1. The van der Waals surface area contributed by atoms with E-state index >= 15 is 0 Å². The summed E-state index contributed by atoms with van der Waals surface area (Å²) >= 11 is 5.89. The fourth-order valence-electron chi connectivity index (χ4n) is 1.99. The zero-order valence-electron chi connectivity index (χ0n) is 13.4. The van der Waals surface area contributed by atoms with Gasteiger partial charge in [-0.2, -0.15) is 0 Å². The number of hydrogen-bond donors (Lipinski definition) is 3. The summed E-state index contributed by atoms with van der Waals surface area (Å²) in [6.45, 7) is 5.28. The molecule has 5 nitrogen and oxygen atoms in total. The van der Waals surface area contributed by atoms with Crippen LogP contribution in [0.4, 0.5) is 4.79 Å². The van der Waals surface area contributed by atoms with Gasteiger partial charge in [-0.1, -0.05) is 37.6 Å². The predicted molar refractivity (Wildman–Crippen MR) is 88.4 cm³/mol. The second-order valence-corrected chi connectivity index (χ2v) is 6.33. The van der Waals surface area contributed by atoms with Gasteiger partial charge in [-0.05, 0) is 24.1 Å². The lowest BCUT2D eigenvalue weighted by atomic mass is 9.85. The van der Waals surface area contributed by atoms with Gasteiger partial charge >= 0.3 is 6.03 Å². The number of aliphatic hydroxyl groups excluding tert-OH is 1. The van der Waals surface area contributed by atoms with E-state index in [1.807, 2.05) is 24.3 Å². The molecule has 0 saturated carbocycles. The molecule has 0 aliphatic carbocycles. The third-order valence-electron chi connectivity index (χ3n) is 3.44. The maximum atomic E-state index is 11.8. The third kappa shape index (κ3) is 6.64. The molecular formula is C16H25ClN2O3. The Labute approximate surface area is 137 Å². The van der Waals surface area contributed by atoms with E-state index in [-0.39, 0.29) is 18.1 Å². The quantitative estimate of drug-likeness (QED) is 0.686. The molecule has 0 aliphatic heterocycles. The Hall–Kier alpha value is -1.30. The maximum absolute atomic E-state index is 11.8. The molecule has 0 aromatic heterocycles. The molecule has 0 bridgehead atoms. The van der Waals surface area contributed by atoms with Gasteiger partial charge in [0.2, 0.25) is 0 Å². The van der Waals surface area contributed by atoms with Crippen LogP contribution in [0.15, 0.2) is 24.3 Å². The fourth-order valence-corrected chi connectivity index (χ4v) is 2.12. The largest absolute Gasteiger partial charge is 0.391 e. The van der Waals surface area contributed by atoms with Gasteiger partial charge in [-0.15, -0.1) is 0 Å². The van der Waals surface area contributed by atoms with Gasteiger partial charge in [0.1, 0.15) is 0 Å². The van der Waals surface area contributed by atoms with Crippen LogP contribution in [0.3, 0.4) is 0 Å². The van der Waals surface area contributed by atoms with E-state index in [0.717, 1.165) is 5.56 Å². The van der Waals surface area contributed by atoms with Gasteiger partial charge < -0.3 is 20.5 Å². The maximum Gasteiger partial charge on any atom is 0.314 e. The number of amides is 2. The number of carbonyl (C=O) groups excluding carboxylic acids is 1. The molecule has 1 unspecified atom stereocenters. The van der Waals surface area contributed by atoms with Crippen molar-refractivity contribution < 1.29 is 14.6 Å². The molecule has 0 aliphatic rings. The van der Waals surface area contributed by atoms with Crippen LogP contribution in [0.2, 0.25) is 5.02 Å². The first-order valence-corrected chi connectivity index (χ1v) is 7.67. The highest BCUT2D eigenvalue weighted by Gasteiger charge is 2.21. The normalized spacial score (nSPS) is 12.8. The number of methoxy groups -OCH3 is 1. The average Bonchev–Trinajstić information content (AvgIpc) is 2.46. The molecule has 124 valence electrons. The van der Waals surface area contributed by atoms with Crippen molar-refractivity contribution >= 4 is 17.6 Å². The number of carbonyl (C=O) groups is 1. The lowest BCUT2D eigenvalue weighted by Gasteiger charge is -2.26. The van der Waals surface area contributed by atoms with E-state index < -0.39 is 6.10 Å². The second-order valence-electron chi connectivity index (χ2n) is 5.90. The first kappa shape index (κ1) is 18.7. The highest BCUT2D eigenvalue weighted by atomic mass is 35.5. The zero-order valence-corrected chi connectivity index (χ0v) is 14.1. The van der Waals surface area contributed by atoms with Crippen molar-refractivity contribution in [2.45, 2.75) is 31.8 Å². The molecule has 1 atom stereocenters. The lowest BCUT2D eigenvalue weighted by Crippen LogP contribution is -2.43. The van der Waals surface area contributed by atoms with Crippen LogP contribution in [-0.4, -0.2) is 44.0 Å². The number of halogens is 1. The monoisotopic (exact) mass is 328 g/mol. The highest BCUT2D eigenvalue weighted by molar-refractivity contribution is 6.30. The Morgan fingerprint density at radius 2 is 1.95 bits per heavy atom. The van der Waals surface area contributed by atoms with E-state index in [1.165, 1.54) is 7.11 Å². The molecule has 0 spiro atoms. The van der Waals surface area contributed by atoms with Gasteiger partial charge in [0.15, 0.2) is 0 Å². The first-order chi connectivity index (χ1) is 10.3. The molecule has 1 rings (SSSR count). The average molecular weight is 329 g/mol. The molecular weight excluding hydrogens is 304 g/mol. The molecule has 0 saturated heterocycles. The Morgan fingerprint density at radius 3 is 2.55 bits per heavy atom. The number of aliphatic hydroxyl groups is 1. The number of nitrogens with one attached hydrogen (secondary N) is 2. The molecule has 6 heteroatoms. The smallest absolute Gasteiger partial charge is 0.314 e. The van der Waals surface area contributed by atoms with Crippen molar-refractivity contribution in [2.24, 2.45) is 0 Å². The summed E-state index contributed by atoms with van der Waals surface area (Å²) in [6, 6.07) is 7.37. The van der Waals surface area contributed by atoms with Crippen LogP contribution >= 0.6 is 11.6 Å². The summed E-state index contributed by atoms with van der Waals surface area (Å²) in [4.78, 5) is 11.8. The van der Waals surface area contributed by atoms with Gasteiger partial charge in [-0.25, -0.2) is 4.79 Å². The standard InChI is InChI=1S/C16H25ClN2O3/c1-16(2,12-4-6-13(17)7-5-12)11-19-15(21)18-9-8-14(20)10-22-3/h4-7,14,20H,8-11H2,1-3H3,(H2,18,19,21). The lowest BCUT2D eigenvalue weighted by molar-refractivity contribution is 0.0598. The van der Waals surface area contributed by atoms with Crippen molar-refractivity contribution in [1.82, 2.24) is 10.6 Å². The van der Waals surface area contributed by atoms with Crippen LogP contribution in [0, 0.1) is 0 Å². The molecule has 22 heavy (non-hydrogen) atoms. The highest BCUT2D eigenvalue weighted by Crippen LogP contribution is 2.23. The minimum absolute atomic E-state index is 0.197. The number of hydrogen-bond acceptors (Lipinski definition) is 3. The SMILES string of the molecule is COCC(O)CCNC(=O)NCC(C)(C)c1ccc(Cl)cc1. The van der Waals surface area contributed by atoms with Crippen molar-refractivity contribution in [3.63, 3.8) is 0 Å². The minimum Gasteiger partial charge on any atom is -0.391 e. The van der Waals surface area contributed by atoms with Crippen molar-refractivity contribution in [1.29, 1.82) is 0 Å². The number of benzene rings is 1. The molecule has 3 N–H and O–H groups in total. The van der Waals surface area contributed by atoms with Crippen LogP contribution in [-0.2, 0) is 10.2 Å². The summed E-state index contributed by atoms with van der Waals surface area (Å²) in [7, 11) is 1.53. The van der Waals surface area contributed by atoms with Gasteiger partial charge in [0.25, 0.3) is 0 Å². The molecule has 0 fully saturated rings. The molecule has 0 heterocycles. The summed E-state index contributed by atoms with van der Waals surface area (Å²) in [5, 5.41) is 15.7. The van der Waals surface area contributed by atoms with E-state index in [2.05, 4.69) is 24.5 Å². The van der Waals surface area contributed by atoms with Gasteiger partial charge in [-0.3, -0.25) is 0 Å². The molecule has 0 radical (unpaired) electrons. The topological polar surface area (TPSA) is 70.6 Å². The molecule has 1 aromatic rings. The van der Waals surface area contributed by atoms with E-state index in [9.17, 15) is 9.90 Å². The predicted octanol–water partition coefficient (Wildman–Crippen LogP) is 2.31. The van der Waals surface area contributed by atoms with Crippen molar-refractivity contribution in [3.8, 4) is 0 Å². The van der Waals surface area contributed by atoms with Crippen LogP contribution in [0.1, 0.15) is 25.8 Å². The summed E-state index contributed by atoms with van der Waals surface area (Å²) in [5.41, 5.74) is 0.907. The number of rotatable bonds is 8. The Kier molecular flexibility index (Phi) is 7.65.